The van der Waals surface area contributed by atoms with Gasteiger partial charge in [0.15, 0.2) is 0 Å². The quantitative estimate of drug-likeness (QED) is 0.727. The first-order valence-corrected chi connectivity index (χ1v) is 5.85. The Kier molecular flexibility index (Phi) is 3.27. The summed E-state index contributed by atoms with van der Waals surface area (Å²) in [7, 11) is 0. The Bertz CT molecular complexity index is 347. The number of benzene rings is 1. The second-order valence-corrected chi connectivity index (χ2v) is 4.30. The van der Waals surface area contributed by atoms with E-state index in [2.05, 4.69) is 6.07 Å². The normalized spacial score (nSPS) is 15.8. The lowest BCUT2D eigenvalue weighted by Crippen LogP contribution is -2.07. The summed E-state index contributed by atoms with van der Waals surface area (Å²) < 4.78 is 0. The molecule has 2 rings (SSSR count). The number of nitrogens with two attached hydrogens (primary N) is 1. The van der Waals surface area contributed by atoms with Crippen LogP contribution in [0.4, 0.5) is 0 Å². The molecule has 0 radical (unpaired) electrons. The third-order valence-corrected chi connectivity index (χ3v) is 3.27. The maximum absolute atomic E-state index is 9.83. The van der Waals surface area contributed by atoms with Gasteiger partial charge >= 0.3 is 0 Å². The van der Waals surface area contributed by atoms with E-state index in [0.29, 0.717) is 12.3 Å². The summed E-state index contributed by atoms with van der Waals surface area (Å²) in [5.74, 6) is 0.432. The molecule has 1 aliphatic rings. The molecule has 2 heteroatoms. The summed E-state index contributed by atoms with van der Waals surface area (Å²) in [6.07, 6.45) is 6.90. The summed E-state index contributed by atoms with van der Waals surface area (Å²) in [6, 6.07) is 3.91. The van der Waals surface area contributed by atoms with Gasteiger partial charge in [-0.25, -0.2) is 0 Å². The van der Waals surface area contributed by atoms with Crippen LogP contribution in [0.15, 0.2) is 12.1 Å². The maximum Gasteiger partial charge on any atom is 0.119 e. The predicted octanol–water partition coefficient (Wildman–Crippen LogP) is 2.16. The Morgan fingerprint density at radius 3 is 2.73 bits per heavy atom. The number of phenols is 1. The van der Waals surface area contributed by atoms with Crippen LogP contribution in [0.1, 0.15) is 36.0 Å². The first-order chi connectivity index (χ1) is 7.33. The average Bonchev–Trinajstić information content (AvgIpc) is 2.47. The van der Waals surface area contributed by atoms with Gasteiger partial charge in [0.1, 0.15) is 5.75 Å². The lowest BCUT2D eigenvalue weighted by molar-refractivity contribution is 0.466. The van der Waals surface area contributed by atoms with Gasteiger partial charge in [-0.15, -0.1) is 0 Å². The number of hydrogen-bond acceptors (Lipinski definition) is 2. The van der Waals surface area contributed by atoms with Gasteiger partial charge < -0.3 is 10.8 Å². The molecule has 1 aliphatic carbocycles. The van der Waals surface area contributed by atoms with Crippen molar-refractivity contribution in [3.63, 3.8) is 0 Å². The number of aromatic hydroxyl groups is 1. The summed E-state index contributed by atoms with van der Waals surface area (Å²) in [6.45, 7) is 0.615. The third kappa shape index (κ3) is 2.15. The Balaban J connectivity index is 2.42. The Morgan fingerprint density at radius 1 is 1.13 bits per heavy atom. The van der Waals surface area contributed by atoms with Crippen LogP contribution in [0.5, 0.6) is 5.75 Å². The van der Waals surface area contributed by atoms with Gasteiger partial charge in [-0.1, -0.05) is 12.5 Å². The van der Waals surface area contributed by atoms with Crippen LogP contribution in [-0.4, -0.2) is 11.7 Å². The highest BCUT2D eigenvalue weighted by atomic mass is 16.3. The molecule has 0 aromatic heterocycles. The molecule has 0 spiro atoms. The number of aryl methyl sites for hydroxylation is 1. The molecule has 15 heavy (non-hydrogen) atoms. The van der Waals surface area contributed by atoms with Crippen LogP contribution < -0.4 is 5.73 Å². The van der Waals surface area contributed by atoms with Crippen molar-refractivity contribution >= 4 is 0 Å². The molecule has 1 aromatic carbocycles. The fourth-order valence-corrected chi connectivity index (χ4v) is 2.49. The summed E-state index contributed by atoms with van der Waals surface area (Å²) in [4.78, 5) is 0. The first-order valence-electron chi connectivity index (χ1n) is 5.85. The standard InChI is InChI=1S/C13H19NO/c14-9-8-12-11-5-3-1-2-4-10(11)6-7-13(12)15/h6-7,15H,1-5,8-9,14H2. The van der Waals surface area contributed by atoms with Crippen molar-refractivity contribution in [2.75, 3.05) is 6.54 Å². The molecule has 82 valence electrons. The fraction of sp³-hybridized carbons (Fsp3) is 0.538. The van der Waals surface area contributed by atoms with Gasteiger partial charge in [0, 0.05) is 0 Å². The Morgan fingerprint density at radius 2 is 1.93 bits per heavy atom. The molecular weight excluding hydrogens is 186 g/mol. The highest BCUT2D eigenvalue weighted by molar-refractivity contribution is 5.45. The summed E-state index contributed by atoms with van der Waals surface area (Å²) >= 11 is 0. The van der Waals surface area contributed by atoms with E-state index >= 15 is 0 Å². The molecule has 0 unspecified atom stereocenters. The van der Waals surface area contributed by atoms with E-state index < -0.39 is 0 Å². The second kappa shape index (κ2) is 4.67. The van der Waals surface area contributed by atoms with E-state index in [4.69, 9.17) is 5.73 Å². The van der Waals surface area contributed by atoms with Crippen LogP contribution in [0.2, 0.25) is 0 Å². The second-order valence-electron chi connectivity index (χ2n) is 4.30. The van der Waals surface area contributed by atoms with Crippen molar-refractivity contribution in [3.8, 4) is 5.75 Å². The topological polar surface area (TPSA) is 46.2 Å². The lowest BCUT2D eigenvalue weighted by atomic mass is 9.94. The van der Waals surface area contributed by atoms with Crippen LogP contribution in [0.25, 0.3) is 0 Å². The predicted molar refractivity (Wildman–Crippen MR) is 62.1 cm³/mol. The molecule has 0 bridgehead atoms. The van der Waals surface area contributed by atoms with Gasteiger partial charge in [-0.3, -0.25) is 0 Å². The smallest absolute Gasteiger partial charge is 0.119 e. The molecule has 0 saturated carbocycles. The summed E-state index contributed by atoms with van der Waals surface area (Å²) in [5.41, 5.74) is 9.48. The van der Waals surface area contributed by atoms with Gasteiger partial charge in [-0.05, 0) is 61.4 Å². The SMILES string of the molecule is NCCc1c(O)ccc2c1CCCCC2. The summed E-state index contributed by atoms with van der Waals surface area (Å²) in [5, 5.41) is 9.83. The van der Waals surface area contributed by atoms with Crippen molar-refractivity contribution < 1.29 is 5.11 Å². The van der Waals surface area contributed by atoms with E-state index in [-0.39, 0.29) is 0 Å². The van der Waals surface area contributed by atoms with Crippen molar-refractivity contribution in [3.05, 3.63) is 28.8 Å². The van der Waals surface area contributed by atoms with Crippen molar-refractivity contribution in [1.82, 2.24) is 0 Å². The number of hydrogen-bond donors (Lipinski definition) is 2. The molecule has 0 aliphatic heterocycles. The maximum atomic E-state index is 9.83. The zero-order valence-corrected chi connectivity index (χ0v) is 9.13. The lowest BCUT2D eigenvalue weighted by Gasteiger charge is -2.13. The van der Waals surface area contributed by atoms with Gasteiger partial charge in [0.2, 0.25) is 0 Å². The van der Waals surface area contributed by atoms with Gasteiger partial charge in [0.25, 0.3) is 0 Å². The largest absolute Gasteiger partial charge is 0.508 e. The molecular formula is C13H19NO. The van der Waals surface area contributed by atoms with Crippen molar-refractivity contribution in [1.29, 1.82) is 0 Å². The molecule has 0 fully saturated rings. The minimum Gasteiger partial charge on any atom is -0.508 e. The third-order valence-electron chi connectivity index (χ3n) is 3.27. The molecule has 0 amide bonds. The Labute approximate surface area is 91.1 Å². The number of fused-ring (bicyclic) bond motifs is 1. The molecule has 0 saturated heterocycles. The van der Waals surface area contributed by atoms with Crippen LogP contribution in [0, 0.1) is 0 Å². The van der Waals surface area contributed by atoms with E-state index in [1.54, 1.807) is 0 Å². The van der Waals surface area contributed by atoms with Crippen LogP contribution >= 0.6 is 0 Å². The minimum atomic E-state index is 0.432. The van der Waals surface area contributed by atoms with E-state index in [1.807, 2.05) is 6.07 Å². The van der Waals surface area contributed by atoms with Crippen LogP contribution in [0.3, 0.4) is 0 Å². The zero-order valence-electron chi connectivity index (χ0n) is 9.13. The van der Waals surface area contributed by atoms with Crippen molar-refractivity contribution in [2.24, 2.45) is 5.73 Å². The van der Waals surface area contributed by atoms with Crippen molar-refractivity contribution in [2.45, 2.75) is 38.5 Å². The highest BCUT2D eigenvalue weighted by Gasteiger charge is 2.14. The minimum absolute atomic E-state index is 0.432. The number of phenolic OH excluding ortho intramolecular Hbond substituents is 1. The van der Waals surface area contributed by atoms with Gasteiger partial charge in [-0.2, -0.15) is 0 Å². The van der Waals surface area contributed by atoms with E-state index in [1.165, 1.54) is 30.4 Å². The van der Waals surface area contributed by atoms with E-state index in [0.717, 1.165) is 24.8 Å². The fourth-order valence-electron chi connectivity index (χ4n) is 2.49. The monoisotopic (exact) mass is 205 g/mol. The number of rotatable bonds is 2. The molecule has 2 nitrogen and oxygen atoms in total. The molecule has 1 aromatic rings. The van der Waals surface area contributed by atoms with Gasteiger partial charge in [0.05, 0.1) is 0 Å². The highest BCUT2D eigenvalue weighted by Crippen LogP contribution is 2.29. The average molecular weight is 205 g/mol. The molecule has 0 heterocycles. The zero-order chi connectivity index (χ0) is 10.7. The van der Waals surface area contributed by atoms with Crippen LogP contribution in [-0.2, 0) is 19.3 Å². The molecule has 0 atom stereocenters. The van der Waals surface area contributed by atoms with E-state index in [9.17, 15) is 5.11 Å². The Hall–Kier alpha value is -1.02. The first kappa shape index (κ1) is 10.5. The molecule has 3 N–H and O–H groups in total.